The lowest BCUT2D eigenvalue weighted by molar-refractivity contribution is -0.341. The Balaban J connectivity index is 2.12. The van der Waals surface area contributed by atoms with Crippen molar-refractivity contribution in [2.45, 2.75) is 61.2 Å². The molecule has 2 aliphatic heterocycles. The van der Waals surface area contributed by atoms with E-state index in [1.807, 2.05) is 0 Å². The van der Waals surface area contributed by atoms with E-state index in [9.17, 15) is 30.6 Å². The number of hydrogen-bond donors (Lipinski definition) is 8. The molecule has 0 bridgehead atoms. The second-order valence-corrected chi connectivity index (χ2v) is 5.91. The van der Waals surface area contributed by atoms with E-state index in [-0.39, 0.29) is 6.54 Å². The first kappa shape index (κ1) is 19.9. The molecular weight excluding hydrogens is 330 g/mol. The maximum atomic E-state index is 10.2. The van der Waals surface area contributed by atoms with Gasteiger partial charge in [0.1, 0.15) is 48.8 Å². The molecule has 0 unspecified atom stereocenters. The number of aliphatic hydroxyl groups is 7. The molecule has 0 saturated carbocycles. The van der Waals surface area contributed by atoms with Gasteiger partial charge in [-0.1, -0.05) is 0 Å². The van der Waals surface area contributed by atoms with Crippen molar-refractivity contribution >= 4 is 0 Å². The van der Waals surface area contributed by atoms with Gasteiger partial charge in [0.2, 0.25) is 0 Å². The minimum Gasteiger partial charge on any atom is -0.394 e. The Bertz CT molecular complexity index is 397. The van der Waals surface area contributed by atoms with E-state index in [2.05, 4.69) is 0 Å². The number of aliphatic hydroxyl groups excluding tert-OH is 7. The molecule has 0 amide bonds. The SMILES string of the molecule is NC[C@@H]1O[C@H](CO)[C@@H](O[C@@H]2O[C@H](CO)[C@@H](O)[C@H](O)[C@H]2O)[C@H](O)[C@H]1O. The molecule has 0 spiro atoms. The Labute approximate surface area is 137 Å². The highest BCUT2D eigenvalue weighted by atomic mass is 16.7. The largest absolute Gasteiger partial charge is 0.394 e. The van der Waals surface area contributed by atoms with E-state index in [1.54, 1.807) is 0 Å². The highest BCUT2D eigenvalue weighted by molar-refractivity contribution is 4.95. The lowest BCUT2D eigenvalue weighted by Gasteiger charge is -2.46. The fourth-order valence-electron chi connectivity index (χ4n) is 2.86. The van der Waals surface area contributed by atoms with Gasteiger partial charge in [0.15, 0.2) is 6.29 Å². The summed E-state index contributed by atoms with van der Waals surface area (Å²) in [4.78, 5) is 0. The molecule has 10 atom stereocenters. The lowest BCUT2D eigenvalue weighted by atomic mass is 9.94. The summed E-state index contributed by atoms with van der Waals surface area (Å²) in [5.74, 6) is 0. The van der Waals surface area contributed by atoms with Gasteiger partial charge in [0.25, 0.3) is 0 Å². The van der Waals surface area contributed by atoms with Gasteiger partial charge in [0, 0.05) is 6.54 Å². The van der Waals surface area contributed by atoms with Gasteiger partial charge < -0.3 is 55.7 Å². The van der Waals surface area contributed by atoms with Crippen molar-refractivity contribution < 1.29 is 50.0 Å². The fraction of sp³-hybridized carbons (Fsp3) is 1.00. The van der Waals surface area contributed by atoms with Crippen LogP contribution in [-0.2, 0) is 14.2 Å². The van der Waals surface area contributed by atoms with Crippen LogP contribution in [0.5, 0.6) is 0 Å². The molecule has 2 fully saturated rings. The van der Waals surface area contributed by atoms with E-state index < -0.39 is 74.4 Å². The smallest absolute Gasteiger partial charge is 0.187 e. The molecule has 0 aromatic rings. The number of hydrogen-bond acceptors (Lipinski definition) is 11. The lowest BCUT2D eigenvalue weighted by Crippen LogP contribution is -2.65. The molecule has 2 heterocycles. The standard InChI is InChI=1S/C13H25NO10/c14-1-4-7(17)10(20)12(6(3-16)22-4)24-13-11(21)9(19)8(18)5(2-15)23-13/h4-13,15-21H,1-3,14H2/t4-,5+,6+,7-,8+,9-,10+,11+,12+,13-/m0/s1. The number of nitrogens with two attached hydrogens (primary N) is 1. The van der Waals surface area contributed by atoms with Crippen LogP contribution < -0.4 is 5.73 Å². The van der Waals surface area contributed by atoms with Crippen LogP contribution >= 0.6 is 0 Å². The van der Waals surface area contributed by atoms with Crippen LogP contribution in [0, 0.1) is 0 Å². The minimum absolute atomic E-state index is 0.0957. The molecule has 2 rings (SSSR count). The van der Waals surface area contributed by atoms with Crippen molar-refractivity contribution in [1.82, 2.24) is 0 Å². The zero-order valence-electron chi connectivity index (χ0n) is 12.8. The third-order valence-corrected chi connectivity index (χ3v) is 4.34. The summed E-state index contributed by atoms with van der Waals surface area (Å²) >= 11 is 0. The summed E-state index contributed by atoms with van der Waals surface area (Å²) in [5, 5.41) is 68.1. The molecule has 24 heavy (non-hydrogen) atoms. The van der Waals surface area contributed by atoms with Crippen LogP contribution in [-0.4, -0.2) is 117 Å². The van der Waals surface area contributed by atoms with E-state index in [1.165, 1.54) is 0 Å². The monoisotopic (exact) mass is 355 g/mol. The normalized spacial score (nSPS) is 50.0. The van der Waals surface area contributed by atoms with E-state index >= 15 is 0 Å². The summed E-state index contributed by atoms with van der Waals surface area (Å²) in [6, 6.07) is 0. The van der Waals surface area contributed by atoms with E-state index in [0.717, 1.165) is 0 Å². The molecule has 2 aliphatic rings. The van der Waals surface area contributed by atoms with Crippen molar-refractivity contribution in [1.29, 1.82) is 0 Å². The van der Waals surface area contributed by atoms with Gasteiger partial charge in [-0.3, -0.25) is 0 Å². The Morgan fingerprint density at radius 3 is 1.83 bits per heavy atom. The predicted molar refractivity (Wildman–Crippen MR) is 75.5 cm³/mol. The second kappa shape index (κ2) is 8.29. The van der Waals surface area contributed by atoms with Gasteiger partial charge in [-0.05, 0) is 0 Å². The minimum atomic E-state index is -1.68. The molecule has 142 valence electrons. The Morgan fingerprint density at radius 1 is 0.708 bits per heavy atom. The Morgan fingerprint density at radius 2 is 1.29 bits per heavy atom. The highest BCUT2D eigenvalue weighted by Gasteiger charge is 2.50. The average molecular weight is 355 g/mol. The molecule has 11 heteroatoms. The first-order chi connectivity index (χ1) is 11.3. The molecule has 11 nitrogen and oxygen atoms in total. The van der Waals surface area contributed by atoms with Gasteiger partial charge in [0.05, 0.1) is 19.3 Å². The van der Waals surface area contributed by atoms with Crippen molar-refractivity contribution in [3.05, 3.63) is 0 Å². The number of rotatable bonds is 5. The Hall–Kier alpha value is -0.440. The van der Waals surface area contributed by atoms with E-state index in [0.29, 0.717) is 0 Å². The van der Waals surface area contributed by atoms with Crippen molar-refractivity contribution in [2.24, 2.45) is 5.73 Å². The molecular formula is C13H25NO10. The van der Waals surface area contributed by atoms with Gasteiger partial charge in [-0.15, -0.1) is 0 Å². The molecule has 0 aromatic carbocycles. The predicted octanol–water partition coefficient (Wildman–Crippen LogP) is -5.39. The molecule has 0 radical (unpaired) electrons. The van der Waals surface area contributed by atoms with E-state index in [4.69, 9.17) is 25.1 Å². The van der Waals surface area contributed by atoms with Crippen LogP contribution in [0.25, 0.3) is 0 Å². The maximum absolute atomic E-state index is 10.2. The second-order valence-electron chi connectivity index (χ2n) is 5.91. The summed E-state index contributed by atoms with van der Waals surface area (Å²) in [5.41, 5.74) is 5.42. The topological polar surface area (TPSA) is 195 Å². The Kier molecular flexibility index (Phi) is 6.87. The quantitative estimate of drug-likeness (QED) is 0.234. The molecule has 0 aromatic heterocycles. The van der Waals surface area contributed by atoms with Crippen LogP contribution in [0.15, 0.2) is 0 Å². The maximum Gasteiger partial charge on any atom is 0.187 e. The van der Waals surface area contributed by atoms with Crippen molar-refractivity contribution in [3.63, 3.8) is 0 Å². The molecule has 2 saturated heterocycles. The molecule has 9 N–H and O–H groups in total. The number of ether oxygens (including phenoxy) is 3. The third-order valence-electron chi connectivity index (χ3n) is 4.34. The molecule has 0 aliphatic carbocycles. The van der Waals surface area contributed by atoms with Gasteiger partial charge >= 0.3 is 0 Å². The summed E-state index contributed by atoms with van der Waals surface area (Å²) in [6.07, 6.45) is -13.8. The zero-order chi connectivity index (χ0) is 18.0. The van der Waals surface area contributed by atoms with Crippen molar-refractivity contribution in [2.75, 3.05) is 19.8 Å². The van der Waals surface area contributed by atoms with Crippen LogP contribution in [0.3, 0.4) is 0 Å². The fourth-order valence-corrected chi connectivity index (χ4v) is 2.86. The zero-order valence-corrected chi connectivity index (χ0v) is 12.8. The van der Waals surface area contributed by atoms with Gasteiger partial charge in [-0.25, -0.2) is 0 Å². The van der Waals surface area contributed by atoms with Crippen molar-refractivity contribution in [3.8, 4) is 0 Å². The summed E-state index contributed by atoms with van der Waals surface area (Å²) in [6.45, 7) is -1.31. The van der Waals surface area contributed by atoms with Gasteiger partial charge in [-0.2, -0.15) is 0 Å². The average Bonchev–Trinajstić information content (AvgIpc) is 2.59. The third kappa shape index (κ3) is 3.71. The van der Waals surface area contributed by atoms with Crippen LogP contribution in [0.1, 0.15) is 0 Å². The highest BCUT2D eigenvalue weighted by Crippen LogP contribution is 2.28. The first-order valence-corrected chi connectivity index (χ1v) is 7.64. The first-order valence-electron chi connectivity index (χ1n) is 7.64. The van der Waals surface area contributed by atoms with Crippen LogP contribution in [0.2, 0.25) is 0 Å². The van der Waals surface area contributed by atoms with Crippen LogP contribution in [0.4, 0.5) is 0 Å². The summed E-state index contributed by atoms with van der Waals surface area (Å²) < 4.78 is 15.9. The summed E-state index contributed by atoms with van der Waals surface area (Å²) in [7, 11) is 0.